The number of carbonyl (C=O) groups is 1. The number of non-ortho nitro benzene ring substituents is 1. The summed E-state index contributed by atoms with van der Waals surface area (Å²) >= 11 is 12.1. The Morgan fingerprint density at radius 1 is 1.06 bits per heavy atom. The lowest BCUT2D eigenvalue weighted by atomic mass is 10.1. The normalized spacial score (nSPS) is 10.8. The third kappa shape index (κ3) is 6.44. The zero-order chi connectivity index (χ0) is 26.2. The van der Waals surface area contributed by atoms with E-state index in [0.29, 0.717) is 32.7 Å². The van der Waals surface area contributed by atoms with E-state index in [1.165, 1.54) is 32.4 Å². The van der Waals surface area contributed by atoms with E-state index in [-0.39, 0.29) is 29.3 Å². The molecule has 0 aliphatic carbocycles. The van der Waals surface area contributed by atoms with E-state index in [2.05, 4.69) is 5.32 Å². The van der Waals surface area contributed by atoms with Crippen LogP contribution in [-0.4, -0.2) is 25.1 Å². The van der Waals surface area contributed by atoms with Gasteiger partial charge in [-0.3, -0.25) is 14.9 Å². The van der Waals surface area contributed by atoms with E-state index in [4.69, 9.17) is 37.4 Å². The van der Waals surface area contributed by atoms with Gasteiger partial charge in [0.1, 0.15) is 24.0 Å². The fourth-order valence-electron chi connectivity index (χ4n) is 3.10. The highest BCUT2D eigenvalue weighted by Crippen LogP contribution is 2.32. The molecule has 184 valence electrons. The maximum atomic E-state index is 12.8. The van der Waals surface area contributed by atoms with Crippen LogP contribution in [0.1, 0.15) is 11.1 Å². The van der Waals surface area contributed by atoms with Gasteiger partial charge in [-0.2, -0.15) is 5.26 Å². The van der Waals surface area contributed by atoms with Crippen molar-refractivity contribution < 1.29 is 23.9 Å². The molecule has 3 aromatic carbocycles. The molecule has 3 rings (SSSR count). The summed E-state index contributed by atoms with van der Waals surface area (Å²) < 4.78 is 16.4. The predicted molar refractivity (Wildman–Crippen MR) is 136 cm³/mol. The van der Waals surface area contributed by atoms with Crippen LogP contribution in [0.15, 0.2) is 60.2 Å². The first-order chi connectivity index (χ1) is 17.2. The molecular formula is C25H19Cl2N3O6. The van der Waals surface area contributed by atoms with Crippen LogP contribution in [0.5, 0.6) is 17.2 Å². The number of hydrogen-bond donors (Lipinski definition) is 1. The van der Waals surface area contributed by atoms with Gasteiger partial charge in [0.2, 0.25) is 0 Å². The highest BCUT2D eigenvalue weighted by Gasteiger charge is 2.17. The van der Waals surface area contributed by atoms with E-state index in [0.717, 1.165) is 6.07 Å². The molecule has 11 heteroatoms. The predicted octanol–water partition coefficient (Wildman–Crippen LogP) is 6.04. The second kappa shape index (κ2) is 11.9. The van der Waals surface area contributed by atoms with Gasteiger partial charge in [-0.15, -0.1) is 0 Å². The molecule has 0 saturated carbocycles. The summed E-state index contributed by atoms with van der Waals surface area (Å²) in [7, 11) is 2.83. The molecule has 0 unspecified atom stereocenters. The van der Waals surface area contributed by atoms with E-state index in [1.807, 2.05) is 6.07 Å². The molecule has 0 spiro atoms. The summed E-state index contributed by atoms with van der Waals surface area (Å²) in [4.78, 5) is 23.3. The molecule has 3 aromatic rings. The maximum Gasteiger partial charge on any atom is 0.271 e. The molecule has 36 heavy (non-hydrogen) atoms. The molecule has 0 fully saturated rings. The number of hydrogen-bond acceptors (Lipinski definition) is 7. The van der Waals surface area contributed by atoms with Gasteiger partial charge >= 0.3 is 0 Å². The van der Waals surface area contributed by atoms with Gasteiger partial charge in [0.15, 0.2) is 11.5 Å². The van der Waals surface area contributed by atoms with E-state index >= 15 is 0 Å². The molecule has 0 heterocycles. The van der Waals surface area contributed by atoms with Gasteiger partial charge in [0.05, 0.1) is 24.8 Å². The standard InChI is InChI=1S/C25H19Cl2N3O6/c1-34-22-8-6-19(30(32)33)12-21(22)29-25(31)17(13-28)9-15-3-7-23(35-2)24(10-15)36-14-16-4-5-18(26)11-20(16)27/h3-12H,14H2,1-2H3,(H,29,31)/b17-9+. The minimum absolute atomic E-state index is 0.0523. The lowest BCUT2D eigenvalue weighted by molar-refractivity contribution is -0.384. The van der Waals surface area contributed by atoms with Crippen LogP contribution in [-0.2, 0) is 11.4 Å². The summed E-state index contributed by atoms with van der Waals surface area (Å²) in [6, 6.07) is 15.5. The van der Waals surface area contributed by atoms with Crippen LogP contribution in [0.2, 0.25) is 10.0 Å². The van der Waals surface area contributed by atoms with Gasteiger partial charge in [0, 0.05) is 27.7 Å². The zero-order valence-corrected chi connectivity index (χ0v) is 20.6. The first kappa shape index (κ1) is 26.3. The molecule has 0 aromatic heterocycles. The minimum Gasteiger partial charge on any atom is -0.495 e. The Labute approximate surface area is 216 Å². The Bertz CT molecular complexity index is 1380. The van der Waals surface area contributed by atoms with Crippen molar-refractivity contribution in [3.63, 3.8) is 0 Å². The highest BCUT2D eigenvalue weighted by atomic mass is 35.5. The van der Waals surface area contributed by atoms with Gasteiger partial charge in [-0.25, -0.2) is 0 Å². The number of methoxy groups -OCH3 is 2. The maximum absolute atomic E-state index is 12.8. The lowest BCUT2D eigenvalue weighted by Crippen LogP contribution is -2.14. The third-order valence-electron chi connectivity index (χ3n) is 4.90. The molecule has 9 nitrogen and oxygen atoms in total. The monoisotopic (exact) mass is 527 g/mol. The second-order valence-corrected chi connectivity index (χ2v) is 8.04. The number of ether oxygens (including phenoxy) is 3. The van der Waals surface area contributed by atoms with Crippen LogP contribution < -0.4 is 19.5 Å². The molecular weight excluding hydrogens is 509 g/mol. The molecule has 0 bridgehead atoms. The van der Waals surface area contributed by atoms with Crippen LogP contribution in [0.3, 0.4) is 0 Å². The number of nitrogens with zero attached hydrogens (tertiary/aromatic N) is 2. The topological polar surface area (TPSA) is 124 Å². The molecule has 0 radical (unpaired) electrons. The van der Waals surface area contributed by atoms with Crippen molar-refractivity contribution in [3.8, 4) is 23.3 Å². The van der Waals surface area contributed by atoms with Crippen molar-refractivity contribution in [1.82, 2.24) is 0 Å². The number of nitrogens with one attached hydrogen (secondary N) is 1. The number of nitro groups is 1. The summed E-state index contributed by atoms with van der Waals surface area (Å²) in [5.74, 6) is 0.214. The number of halogens is 2. The number of amides is 1. The Kier molecular flexibility index (Phi) is 8.73. The Morgan fingerprint density at radius 2 is 1.78 bits per heavy atom. The molecule has 0 aliphatic rings. The summed E-state index contributed by atoms with van der Waals surface area (Å²) in [6.45, 7) is 0.123. The summed E-state index contributed by atoms with van der Waals surface area (Å²) in [5, 5.41) is 24.1. The van der Waals surface area contributed by atoms with Gasteiger partial charge < -0.3 is 19.5 Å². The van der Waals surface area contributed by atoms with E-state index < -0.39 is 10.8 Å². The number of nitriles is 1. The van der Waals surface area contributed by atoms with E-state index in [1.54, 1.807) is 36.4 Å². The minimum atomic E-state index is -0.775. The van der Waals surface area contributed by atoms with Crippen LogP contribution in [0.25, 0.3) is 6.08 Å². The molecule has 1 amide bonds. The lowest BCUT2D eigenvalue weighted by Gasteiger charge is -2.13. The Balaban J connectivity index is 1.85. The average molecular weight is 528 g/mol. The number of nitro benzene ring substituents is 1. The molecule has 1 N–H and O–H groups in total. The van der Waals surface area contributed by atoms with Gasteiger partial charge in [-0.1, -0.05) is 35.3 Å². The molecule has 0 atom stereocenters. The third-order valence-corrected chi connectivity index (χ3v) is 5.49. The SMILES string of the molecule is COc1ccc([N+](=O)[O-])cc1NC(=O)/C(C#N)=C/c1ccc(OC)c(OCc2ccc(Cl)cc2Cl)c1. The fraction of sp³-hybridized carbons (Fsp3) is 0.120. The van der Waals surface area contributed by atoms with Crippen molar-refractivity contribution in [2.24, 2.45) is 0 Å². The second-order valence-electron chi connectivity index (χ2n) is 7.20. The number of carbonyl (C=O) groups excluding carboxylic acids is 1. The average Bonchev–Trinajstić information content (AvgIpc) is 2.86. The first-order valence-corrected chi connectivity index (χ1v) is 11.0. The van der Waals surface area contributed by atoms with Gasteiger partial charge in [-0.05, 0) is 42.0 Å². The number of rotatable bonds is 9. The highest BCUT2D eigenvalue weighted by molar-refractivity contribution is 6.35. The van der Waals surface area contributed by atoms with Crippen molar-refractivity contribution in [2.45, 2.75) is 6.61 Å². The first-order valence-electron chi connectivity index (χ1n) is 10.3. The number of anilines is 1. The van der Waals surface area contributed by atoms with Crippen molar-refractivity contribution in [2.75, 3.05) is 19.5 Å². The molecule has 0 aliphatic heterocycles. The smallest absolute Gasteiger partial charge is 0.271 e. The van der Waals surface area contributed by atoms with Gasteiger partial charge in [0.25, 0.3) is 11.6 Å². The quantitative estimate of drug-likeness (QED) is 0.155. The Hall–Kier alpha value is -4.26. The van der Waals surface area contributed by atoms with Crippen molar-refractivity contribution in [1.29, 1.82) is 5.26 Å². The van der Waals surface area contributed by atoms with Crippen molar-refractivity contribution in [3.05, 3.63) is 91.5 Å². The Morgan fingerprint density at radius 3 is 2.42 bits per heavy atom. The van der Waals surface area contributed by atoms with Crippen molar-refractivity contribution >= 4 is 46.6 Å². The zero-order valence-electron chi connectivity index (χ0n) is 19.1. The van der Waals surface area contributed by atoms with Crippen LogP contribution in [0, 0.1) is 21.4 Å². The largest absolute Gasteiger partial charge is 0.495 e. The molecule has 0 saturated heterocycles. The number of benzene rings is 3. The summed E-state index contributed by atoms with van der Waals surface area (Å²) in [5.41, 5.74) is 0.737. The van der Waals surface area contributed by atoms with Crippen LogP contribution in [0.4, 0.5) is 11.4 Å². The van der Waals surface area contributed by atoms with Crippen LogP contribution >= 0.6 is 23.2 Å². The summed E-state index contributed by atoms with van der Waals surface area (Å²) in [6.07, 6.45) is 1.35. The van der Waals surface area contributed by atoms with E-state index in [9.17, 15) is 20.2 Å². The fourth-order valence-corrected chi connectivity index (χ4v) is 3.57.